The van der Waals surface area contributed by atoms with Gasteiger partial charge in [0.05, 0.1) is 10.2 Å². The minimum atomic E-state index is 0.0523. The molecule has 0 radical (unpaired) electrons. The molecule has 0 unspecified atom stereocenters. The first-order chi connectivity index (χ1) is 10.6. The standard InChI is InChI=1S/C18H18N2OS/c1-12(2)10-17(21)19-14-7-5-6-13(11-14)18-20-15-8-3-4-9-16(15)22-18/h3-9,11-12H,10H2,1-2H3,(H,19,21). The molecule has 0 aliphatic heterocycles. The minimum Gasteiger partial charge on any atom is -0.326 e. The van der Waals surface area contributed by atoms with Crippen LogP contribution in [-0.2, 0) is 4.79 Å². The zero-order chi connectivity index (χ0) is 15.5. The maximum Gasteiger partial charge on any atom is 0.224 e. The van der Waals surface area contributed by atoms with Gasteiger partial charge in [0.2, 0.25) is 5.91 Å². The molecule has 3 rings (SSSR count). The van der Waals surface area contributed by atoms with Gasteiger partial charge < -0.3 is 5.32 Å². The van der Waals surface area contributed by atoms with Crippen LogP contribution in [0.4, 0.5) is 5.69 Å². The van der Waals surface area contributed by atoms with Crippen LogP contribution >= 0.6 is 11.3 Å². The number of thiazole rings is 1. The van der Waals surface area contributed by atoms with Gasteiger partial charge in [0, 0.05) is 17.7 Å². The number of carbonyl (C=O) groups is 1. The number of nitrogens with zero attached hydrogens (tertiary/aromatic N) is 1. The van der Waals surface area contributed by atoms with Crippen LogP contribution in [-0.4, -0.2) is 10.9 Å². The summed E-state index contributed by atoms with van der Waals surface area (Å²) < 4.78 is 1.17. The van der Waals surface area contributed by atoms with E-state index in [9.17, 15) is 4.79 Å². The summed E-state index contributed by atoms with van der Waals surface area (Å²) in [5.41, 5.74) is 2.86. The van der Waals surface area contributed by atoms with Gasteiger partial charge in [-0.2, -0.15) is 0 Å². The number of para-hydroxylation sites is 1. The molecule has 1 heterocycles. The summed E-state index contributed by atoms with van der Waals surface area (Å²) in [6.07, 6.45) is 0.533. The van der Waals surface area contributed by atoms with E-state index in [1.165, 1.54) is 4.70 Å². The molecule has 0 aliphatic rings. The van der Waals surface area contributed by atoms with Crippen molar-refractivity contribution < 1.29 is 4.79 Å². The Hall–Kier alpha value is -2.20. The summed E-state index contributed by atoms with van der Waals surface area (Å²) in [6.45, 7) is 4.08. The third kappa shape index (κ3) is 3.34. The van der Waals surface area contributed by atoms with E-state index in [0.29, 0.717) is 12.3 Å². The topological polar surface area (TPSA) is 42.0 Å². The molecular weight excluding hydrogens is 292 g/mol. The number of fused-ring (bicyclic) bond motifs is 1. The SMILES string of the molecule is CC(C)CC(=O)Nc1cccc(-c2nc3ccccc3s2)c1. The van der Waals surface area contributed by atoms with Crippen molar-refractivity contribution in [3.63, 3.8) is 0 Å². The van der Waals surface area contributed by atoms with Crippen LogP contribution < -0.4 is 5.32 Å². The number of aromatic nitrogens is 1. The summed E-state index contributed by atoms with van der Waals surface area (Å²) in [5.74, 6) is 0.406. The monoisotopic (exact) mass is 310 g/mol. The number of nitrogens with one attached hydrogen (secondary N) is 1. The highest BCUT2D eigenvalue weighted by molar-refractivity contribution is 7.21. The van der Waals surface area contributed by atoms with Crippen molar-refractivity contribution in [3.8, 4) is 10.6 Å². The van der Waals surface area contributed by atoms with Crippen molar-refractivity contribution in [3.05, 3.63) is 48.5 Å². The predicted molar refractivity (Wildman–Crippen MR) is 93.1 cm³/mol. The van der Waals surface area contributed by atoms with E-state index in [1.54, 1.807) is 11.3 Å². The molecule has 22 heavy (non-hydrogen) atoms. The molecule has 1 amide bonds. The van der Waals surface area contributed by atoms with Crippen LogP contribution in [0.25, 0.3) is 20.8 Å². The molecule has 0 atom stereocenters. The average molecular weight is 310 g/mol. The summed E-state index contributed by atoms with van der Waals surface area (Å²) in [7, 11) is 0. The van der Waals surface area contributed by atoms with Crippen molar-refractivity contribution in [2.24, 2.45) is 5.92 Å². The number of hydrogen-bond acceptors (Lipinski definition) is 3. The van der Waals surface area contributed by atoms with Crippen LogP contribution in [0.5, 0.6) is 0 Å². The van der Waals surface area contributed by atoms with Gasteiger partial charge in [0.15, 0.2) is 0 Å². The Kier molecular flexibility index (Phi) is 4.20. The second-order valence-corrected chi connectivity index (χ2v) is 6.74. The van der Waals surface area contributed by atoms with Crippen molar-refractivity contribution in [1.82, 2.24) is 4.98 Å². The Balaban J connectivity index is 1.85. The molecule has 1 aromatic heterocycles. The third-order valence-corrected chi connectivity index (χ3v) is 4.37. The summed E-state index contributed by atoms with van der Waals surface area (Å²) in [6, 6.07) is 16.0. The van der Waals surface area contributed by atoms with Crippen LogP contribution in [0.2, 0.25) is 0 Å². The minimum absolute atomic E-state index is 0.0523. The molecular formula is C18H18N2OS. The largest absolute Gasteiger partial charge is 0.326 e. The summed E-state index contributed by atoms with van der Waals surface area (Å²) >= 11 is 1.66. The fourth-order valence-corrected chi connectivity index (χ4v) is 3.27. The lowest BCUT2D eigenvalue weighted by Crippen LogP contribution is -2.13. The first kappa shape index (κ1) is 14.7. The van der Waals surface area contributed by atoms with E-state index in [0.717, 1.165) is 21.8 Å². The number of amides is 1. The van der Waals surface area contributed by atoms with E-state index in [2.05, 4.69) is 16.4 Å². The first-order valence-corrected chi connectivity index (χ1v) is 8.19. The second kappa shape index (κ2) is 6.28. The number of anilines is 1. The number of hydrogen-bond donors (Lipinski definition) is 1. The quantitative estimate of drug-likeness (QED) is 0.741. The molecule has 3 aromatic rings. The Morgan fingerprint density at radius 1 is 1.18 bits per heavy atom. The number of rotatable bonds is 4. The van der Waals surface area contributed by atoms with E-state index >= 15 is 0 Å². The second-order valence-electron chi connectivity index (χ2n) is 5.71. The fraction of sp³-hybridized carbons (Fsp3) is 0.222. The third-order valence-electron chi connectivity index (χ3n) is 3.28. The summed E-state index contributed by atoms with van der Waals surface area (Å²) in [5, 5.41) is 3.93. The lowest BCUT2D eigenvalue weighted by molar-refractivity contribution is -0.116. The normalized spacial score (nSPS) is 11.0. The van der Waals surface area contributed by atoms with Gasteiger partial charge in [-0.3, -0.25) is 4.79 Å². The molecule has 112 valence electrons. The number of carbonyl (C=O) groups excluding carboxylic acids is 1. The van der Waals surface area contributed by atoms with E-state index in [1.807, 2.05) is 56.3 Å². The molecule has 0 bridgehead atoms. The maximum atomic E-state index is 11.9. The van der Waals surface area contributed by atoms with Gasteiger partial charge in [-0.25, -0.2) is 4.98 Å². The Labute approximate surface area is 134 Å². The van der Waals surface area contributed by atoms with Gasteiger partial charge in [-0.05, 0) is 30.2 Å². The van der Waals surface area contributed by atoms with Crippen LogP contribution in [0.3, 0.4) is 0 Å². The van der Waals surface area contributed by atoms with Crippen molar-refractivity contribution >= 4 is 33.1 Å². The molecule has 1 N–H and O–H groups in total. The molecule has 0 spiro atoms. The molecule has 3 nitrogen and oxygen atoms in total. The average Bonchev–Trinajstić information content (AvgIpc) is 2.90. The van der Waals surface area contributed by atoms with E-state index in [4.69, 9.17) is 0 Å². The summed E-state index contributed by atoms with van der Waals surface area (Å²) in [4.78, 5) is 16.5. The Bertz CT molecular complexity index is 774. The van der Waals surface area contributed by atoms with Gasteiger partial charge in [-0.1, -0.05) is 38.1 Å². The Morgan fingerprint density at radius 3 is 2.77 bits per heavy atom. The maximum absolute atomic E-state index is 11.9. The Morgan fingerprint density at radius 2 is 2.00 bits per heavy atom. The van der Waals surface area contributed by atoms with Gasteiger partial charge in [-0.15, -0.1) is 11.3 Å². The van der Waals surface area contributed by atoms with Crippen molar-refractivity contribution in [2.45, 2.75) is 20.3 Å². The first-order valence-electron chi connectivity index (χ1n) is 7.37. The van der Waals surface area contributed by atoms with Crippen LogP contribution in [0, 0.1) is 5.92 Å². The highest BCUT2D eigenvalue weighted by Gasteiger charge is 2.08. The predicted octanol–water partition coefficient (Wildman–Crippen LogP) is 4.95. The van der Waals surface area contributed by atoms with Gasteiger partial charge in [0.1, 0.15) is 5.01 Å². The smallest absolute Gasteiger partial charge is 0.224 e. The van der Waals surface area contributed by atoms with E-state index in [-0.39, 0.29) is 5.91 Å². The van der Waals surface area contributed by atoms with E-state index < -0.39 is 0 Å². The van der Waals surface area contributed by atoms with Gasteiger partial charge >= 0.3 is 0 Å². The molecule has 4 heteroatoms. The fourth-order valence-electron chi connectivity index (χ4n) is 2.31. The van der Waals surface area contributed by atoms with Crippen molar-refractivity contribution in [2.75, 3.05) is 5.32 Å². The lowest BCUT2D eigenvalue weighted by atomic mass is 10.1. The molecule has 0 fully saturated rings. The molecule has 0 saturated heterocycles. The molecule has 0 aliphatic carbocycles. The highest BCUT2D eigenvalue weighted by atomic mass is 32.1. The molecule has 2 aromatic carbocycles. The lowest BCUT2D eigenvalue weighted by Gasteiger charge is -2.08. The van der Waals surface area contributed by atoms with Crippen LogP contribution in [0.1, 0.15) is 20.3 Å². The molecule has 0 saturated carbocycles. The number of benzene rings is 2. The highest BCUT2D eigenvalue weighted by Crippen LogP contribution is 2.31. The van der Waals surface area contributed by atoms with Crippen LogP contribution in [0.15, 0.2) is 48.5 Å². The zero-order valence-corrected chi connectivity index (χ0v) is 13.5. The zero-order valence-electron chi connectivity index (χ0n) is 12.7. The van der Waals surface area contributed by atoms with Crippen molar-refractivity contribution in [1.29, 1.82) is 0 Å². The van der Waals surface area contributed by atoms with Gasteiger partial charge in [0.25, 0.3) is 0 Å².